The highest BCUT2D eigenvalue weighted by molar-refractivity contribution is 7.99. The van der Waals surface area contributed by atoms with E-state index >= 15 is 0 Å². The number of thioether (sulfide) groups is 1. The highest BCUT2D eigenvalue weighted by atomic mass is 32.2. The number of carbonyl (C=O) groups excluding carboxylic acids is 3. The topological polar surface area (TPSA) is 118 Å². The number of urea groups is 1. The predicted octanol–water partition coefficient (Wildman–Crippen LogP) is 3.33. The molecule has 9 heteroatoms. The maximum atomic E-state index is 12.7. The summed E-state index contributed by atoms with van der Waals surface area (Å²) in [5.74, 6) is -1.07. The van der Waals surface area contributed by atoms with Crippen molar-refractivity contribution in [2.45, 2.75) is 17.9 Å². The summed E-state index contributed by atoms with van der Waals surface area (Å²) in [6.07, 6.45) is 0. The molecule has 2 N–H and O–H groups in total. The SMILES string of the molecule is CCOC(=O)C1=C(COC(=O)c2ccccc2SCC#N)NC(=O)NC1c1ccccc1. The number of rotatable bonds is 8. The summed E-state index contributed by atoms with van der Waals surface area (Å²) >= 11 is 1.22. The molecule has 0 saturated heterocycles. The van der Waals surface area contributed by atoms with Gasteiger partial charge in [-0.2, -0.15) is 5.26 Å². The minimum Gasteiger partial charge on any atom is -0.463 e. The number of nitrogens with zero attached hydrogens (tertiary/aromatic N) is 1. The average molecular weight is 452 g/mol. The molecule has 0 aromatic heterocycles. The molecule has 164 valence electrons. The third-order valence-electron chi connectivity index (χ3n) is 4.53. The first-order valence-electron chi connectivity index (χ1n) is 9.83. The molecule has 2 amide bonds. The van der Waals surface area contributed by atoms with Crippen LogP contribution in [0.4, 0.5) is 4.79 Å². The average Bonchev–Trinajstić information content (AvgIpc) is 2.81. The van der Waals surface area contributed by atoms with E-state index in [0.29, 0.717) is 16.0 Å². The van der Waals surface area contributed by atoms with Gasteiger partial charge in [0.2, 0.25) is 0 Å². The van der Waals surface area contributed by atoms with Gasteiger partial charge in [0.25, 0.3) is 0 Å². The first-order chi connectivity index (χ1) is 15.5. The summed E-state index contributed by atoms with van der Waals surface area (Å²) in [6.45, 7) is 1.50. The minimum absolute atomic E-state index is 0.147. The number of nitriles is 1. The lowest BCUT2D eigenvalue weighted by Crippen LogP contribution is -2.47. The number of carbonyl (C=O) groups is 3. The molecule has 0 bridgehead atoms. The Bertz CT molecular complexity index is 1080. The van der Waals surface area contributed by atoms with Crippen LogP contribution in [0.3, 0.4) is 0 Å². The molecule has 3 rings (SSSR count). The molecule has 1 atom stereocenters. The molecule has 1 heterocycles. The second kappa shape index (κ2) is 11.0. The van der Waals surface area contributed by atoms with Crippen molar-refractivity contribution in [3.05, 3.63) is 77.0 Å². The molecular weight excluding hydrogens is 430 g/mol. The number of hydrogen-bond donors (Lipinski definition) is 2. The largest absolute Gasteiger partial charge is 0.463 e. The van der Waals surface area contributed by atoms with Crippen molar-refractivity contribution in [2.24, 2.45) is 0 Å². The Labute approximate surface area is 189 Å². The quantitative estimate of drug-likeness (QED) is 0.467. The summed E-state index contributed by atoms with van der Waals surface area (Å²) in [5, 5.41) is 14.1. The van der Waals surface area contributed by atoms with Crippen molar-refractivity contribution in [1.82, 2.24) is 10.6 Å². The van der Waals surface area contributed by atoms with Gasteiger partial charge in [0.05, 0.1) is 41.3 Å². The van der Waals surface area contributed by atoms with E-state index in [1.54, 1.807) is 55.5 Å². The lowest BCUT2D eigenvalue weighted by atomic mass is 9.95. The molecule has 0 aliphatic carbocycles. The van der Waals surface area contributed by atoms with Crippen LogP contribution in [0.1, 0.15) is 28.9 Å². The summed E-state index contributed by atoms with van der Waals surface area (Å²) in [4.78, 5) is 38.4. The Morgan fingerprint density at radius 3 is 2.50 bits per heavy atom. The summed E-state index contributed by atoms with van der Waals surface area (Å²) in [5.41, 5.74) is 1.30. The van der Waals surface area contributed by atoms with E-state index in [1.165, 1.54) is 11.8 Å². The Balaban J connectivity index is 1.89. The first kappa shape index (κ1) is 22.9. The molecule has 0 fully saturated rings. The van der Waals surface area contributed by atoms with Crippen molar-refractivity contribution in [3.8, 4) is 6.07 Å². The van der Waals surface area contributed by atoms with Gasteiger partial charge in [-0.3, -0.25) is 0 Å². The normalized spacial score (nSPS) is 15.2. The highest BCUT2D eigenvalue weighted by Crippen LogP contribution is 2.28. The molecular formula is C23H21N3O5S. The van der Waals surface area contributed by atoms with Crippen LogP contribution >= 0.6 is 11.8 Å². The number of amides is 2. The fraction of sp³-hybridized carbons (Fsp3) is 0.217. The van der Waals surface area contributed by atoms with Crippen LogP contribution in [0.25, 0.3) is 0 Å². The zero-order chi connectivity index (χ0) is 22.9. The van der Waals surface area contributed by atoms with Crippen LogP contribution in [0.15, 0.2) is 70.8 Å². The van der Waals surface area contributed by atoms with Crippen molar-refractivity contribution >= 4 is 29.7 Å². The number of benzene rings is 2. The van der Waals surface area contributed by atoms with Crippen LogP contribution in [0.2, 0.25) is 0 Å². The van der Waals surface area contributed by atoms with E-state index in [0.717, 1.165) is 0 Å². The molecule has 0 saturated carbocycles. The summed E-state index contributed by atoms with van der Waals surface area (Å²) < 4.78 is 10.6. The molecule has 2 aromatic rings. The van der Waals surface area contributed by atoms with Crippen molar-refractivity contribution in [1.29, 1.82) is 5.26 Å². The summed E-state index contributed by atoms with van der Waals surface area (Å²) in [6, 6.07) is 16.5. The fourth-order valence-corrected chi connectivity index (χ4v) is 3.87. The minimum atomic E-state index is -0.754. The smallest absolute Gasteiger partial charge is 0.339 e. The van der Waals surface area contributed by atoms with Gasteiger partial charge in [0, 0.05) is 4.90 Å². The van der Waals surface area contributed by atoms with Crippen LogP contribution in [-0.2, 0) is 14.3 Å². The van der Waals surface area contributed by atoms with Crippen molar-refractivity contribution < 1.29 is 23.9 Å². The Kier molecular flexibility index (Phi) is 7.89. The maximum absolute atomic E-state index is 12.7. The van der Waals surface area contributed by atoms with Gasteiger partial charge in [-0.05, 0) is 24.6 Å². The zero-order valence-electron chi connectivity index (χ0n) is 17.3. The van der Waals surface area contributed by atoms with Crippen molar-refractivity contribution in [2.75, 3.05) is 19.0 Å². The van der Waals surface area contributed by atoms with E-state index < -0.39 is 24.0 Å². The fourth-order valence-electron chi connectivity index (χ4n) is 3.16. The molecule has 0 radical (unpaired) electrons. The van der Waals surface area contributed by atoms with Gasteiger partial charge >= 0.3 is 18.0 Å². The first-order valence-corrected chi connectivity index (χ1v) is 10.8. The van der Waals surface area contributed by atoms with E-state index in [-0.39, 0.29) is 30.2 Å². The Morgan fingerprint density at radius 2 is 1.78 bits per heavy atom. The maximum Gasteiger partial charge on any atom is 0.339 e. The van der Waals surface area contributed by atoms with Gasteiger partial charge < -0.3 is 20.1 Å². The molecule has 1 unspecified atom stereocenters. The molecule has 8 nitrogen and oxygen atoms in total. The van der Waals surface area contributed by atoms with Crippen LogP contribution in [0.5, 0.6) is 0 Å². The number of hydrogen-bond acceptors (Lipinski definition) is 7. The van der Waals surface area contributed by atoms with Gasteiger partial charge in [-0.15, -0.1) is 11.8 Å². The van der Waals surface area contributed by atoms with Crippen LogP contribution in [-0.4, -0.2) is 36.9 Å². The lowest BCUT2D eigenvalue weighted by molar-refractivity contribution is -0.139. The molecule has 32 heavy (non-hydrogen) atoms. The van der Waals surface area contributed by atoms with Gasteiger partial charge in [-0.1, -0.05) is 42.5 Å². The number of ether oxygens (including phenoxy) is 2. The standard InChI is InChI=1S/C23H21N3O5S/c1-2-30-22(28)19-17(25-23(29)26-20(19)15-8-4-3-5-9-15)14-31-21(27)16-10-6-7-11-18(16)32-13-12-24/h3-11,20H,2,13-14H2,1H3,(H2,25,26,29). The molecule has 1 aliphatic heterocycles. The van der Waals surface area contributed by atoms with E-state index in [1.807, 2.05) is 12.1 Å². The third-order valence-corrected chi connectivity index (χ3v) is 5.47. The predicted molar refractivity (Wildman–Crippen MR) is 118 cm³/mol. The molecule has 1 aliphatic rings. The third kappa shape index (κ3) is 5.47. The van der Waals surface area contributed by atoms with Crippen LogP contribution in [0, 0.1) is 11.3 Å². The van der Waals surface area contributed by atoms with E-state index in [9.17, 15) is 14.4 Å². The van der Waals surface area contributed by atoms with Gasteiger partial charge in [-0.25, -0.2) is 14.4 Å². The second-order valence-electron chi connectivity index (χ2n) is 6.57. The van der Waals surface area contributed by atoms with E-state index in [4.69, 9.17) is 14.7 Å². The molecule has 0 spiro atoms. The highest BCUT2D eigenvalue weighted by Gasteiger charge is 2.34. The van der Waals surface area contributed by atoms with E-state index in [2.05, 4.69) is 10.6 Å². The lowest BCUT2D eigenvalue weighted by Gasteiger charge is -2.29. The number of nitrogens with one attached hydrogen (secondary N) is 2. The zero-order valence-corrected chi connectivity index (χ0v) is 18.1. The second-order valence-corrected chi connectivity index (χ2v) is 7.59. The number of esters is 2. The summed E-state index contributed by atoms with van der Waals surface area (Å²) in [7, 11) is 0. The Morgan fingerprint density at radius 1 is 1.06 bits per heavy atom. The van der Waals surface area contributed by atoms with Gasteiger partial charge in [0.15, 0.2) is 0 Å². The monoisotopic (exact) mass is 451 g/mol. The van der Waals surface area contributed by atoms with Gasteiger partial charge in [0.1, 0.15) is 6.61 Å². The molecule has 2 aromatic carbocycles. The van der Waals surface area contributed by atoms with Crippen molar-refractivity contribution in [3.63, 3.8) is 0 Å². The Hall–Kier alpha value is -3.77. The van der Waals surface area contributed by atoms with Crippen LogP contribution < -0.4 is 10.6 Å².